The van der Waals surface area contributed by atoms with Crippen molar-refractivity contribution in [1.82, 2.24) is 0 Å². The lowest BCUT2D eigenvalue weighted by Crippen LogP contribution is -2.23. The molecule has 0 aromatic carbocycles. The van der Waals surface area contributed by atoms with E-state index in [9.17, 15) is 4.79 Å². The first-order valence-corrected chi connectivity index (χ1v) is 2.78. The van der Waals surface area contributed by atoms with Crippen LogP contribution in [0, 0.1) is 5.92 Å². The molecule has 0 rings (SSSR count). The summed E-state index contributed by atoms with van der Waals surface area (Å²) >= 11 is 0. The Morgan fingerprint density at radius 3 is 2.33 bits per heavy atom. The third kappa shape index (κ3) is 2.28. The zero-order chi connectivity index (χ0) is 7.44. The largest absolute Gasteiger partial charge is 0.366 e. The molecule has 0 aliphatic heterocycles. The molecule has 0 radical (unpaired) electrons. The molecule has 0 aliphatic carbocycles. The van der Waals surface area contributed by atoms with Crippen molar-refractivity contribution >= 4 is 5.91 Å². The van der Waals surface area contributed by atoms with Gasteiger partial charge in [0.1, 0.15) is 0 Å². The molecule has 0 bridgehead atoms. The number of nitrogens with two attached hydrogens (primary N) is 2. The van der Waals surface area contributed by atoms with Crippen LogP contribution in [-0.2, 0) is 4.79 Å². The molecule has 52 valence electrons. The van der Waals surface area contributed by atoms with Gasteiger partial charge in [-0.05, 0) is 12.5 Å². The molecule has 0 aliphatic rings. The number of rotatable bonds is 3. The quantitative estimate of drug-likeness (QED) is 0.509. The molecular weight excluding hydrogens is 116 g/mol. The summed E-state index contributed by atoms with van der Waals surface area (Å²) in [5.74, 6) is -0.463. The van der Waals surface area contributed by atoms with Gasteiger partial charge >= 0.3 is 0 Å². The molecule has 0 saturated heterocycles. The lowest BCUT2D eigenvalue weighted by atomic mass is 10.0. The Morgan fingerprint density at radius 2 is 2.22 bits per heavy atom. The third-order valence-corrected chi connectivity index (χ3v) is 1.26. The summed E-state index contributed by atoms with van der Waals surface area (Å²) in [6.07, 6.45) is 0. The van der Waals surface area contributed by atoms with Crippen LogP contribution < -0.4 is 11.5 Å². The van der Waals surface area contributed by atoms with Crippen molar-refractivity contribution in [3.63, 3.8) is 0 Å². The molecular formula is C6H12N2O. The Morgan fingerprint density at radius 1 is 1.78 bits per heavy atom. The molecule has 3 heteroatoms. The van der Waals surface area contributed by atoms with Gasteiger partial charge in [0.25, 0.3) is 0 Å². The Balaban J connectivity index is 3.88. The molecule has 4 N–H and O–H groups in total. The number of primary amides is 1. The Bertz CT molecular complexity index is 131. The van der Waals surface area contributed by atoms with Crippen LogP contribution in [0.2, 0.25) is 0 Å². The summed E-state index contributed by atoms with van der Waals surface area (Å²) in [6.45, 7) is 5.70. The highest BCUT2D eigenvalue weighted by atomic mass is 16.1. The highest BCUT2D eigenvalue weighted by Crippen LogP contribution is 2.03. The van der Waals surface area contributed by atoms with E-state index >= 15 is 0 Å². The Labute approximate surface area is 54.7 Å². The van der Waals surface area contributed by atoms with Gasteiger partial charge in [-0.25, -0.2) is 0 Å². The van der Waals surface area contributed by atoms with Crippen LogP contribution in [0.1, 0.15) is 6.92 Å². The van der Waals surface area contributed by atoms with E-state index in [2.05, 4.69) is 6.58 Å². The fourth-order valence-corrected chi connectivity index (χ4v) is 0.385. The van der Waals surface area contributed by atoms with Crippen LogP contribution in [0.25, 0.3) is 0 Å². The highest BCUT2D eigenvalue weighted by Gasteiger charge is 2.08. The van der Waals surface area contributed by atoms with Crippen molar-refractivity contribution in [1.29, 1.82) is 0 Å². The minimum absolute atomic E-state index is 0.00231. The van der Waals surface area contributed by atoms with Crippen LogP contribution in [0.5, 0.6) is 0 Å². The zero-order valence-electron chi connectivity index (χ0n) is 5.55. The lowest BCUT2D eigenvalue weighted by molar-refractivity contribution is -0.115. The average molecular weight is 128 g/mol. The van der Waals surface area contributed by atoms with Crippen LogP contribution in [0.4, 0.5) is 0 Å². The molecule has 0 fully saturated rings. The highest BCUT2D eigenvalue weighted by molar-refractivity contribution is 5.91. The van der Waals surface area contributed by atoms with Crippen molar-refractivity contribution in [3.8, 4) is 0 Å². The normalized spacial score (nSPS) is 12.7. The van der Waals surface area contributed by atoms with Gasteiger partial charge in [-0.15, -0.1) is 0 Å². The summed E-state index contributed by atoms with van der Waals surface area (Å²) in [5, 5.41) is 0. The van der Waals surface area contributed by atoms with E-state index in [1.165, 1.54) is 0 Å². The summed E-state index contributed by atoms with van der Waals surface area (Å²) in [4.78, 5) is 10.4. The van der Waals surface area contributed by atoms with E-state index in [1.807, 2.05) is 6.92 Å². The monoisotopic (exact) mass is 128 g/mol. The number of hydrogen-bond acceptors (Lipinski definition) is 2. The van der Waals surface area contributed by atoms with E-state index in [4.69, 9.17) is 11.5 Å². The number of carbonyl (C=O) groups excluding carboxylic acids is 1. The van der Waals surface area contributed by atoms with Crippen LogP contribution in [-0.4, -0.2) is 12.5 Å². The zero-order valence-corrected chi connectivity index (χ0v) is 5.55. The molecule has 0 spiro atoms. The summed E-state index contributed by atoms with van der Waals surface area (Å²) in [7, 11) is 0. The molecule has 0 saturated carbocycles. The first-order valence-electron chi connectivity index (χ1n) is 2.78. The summed E-state index contributed by atoms with van der Waals surface area (Å²) < 4.78 is 0. The van der Waals surface area contributed by atoms with Crippen LogP contribution in [0.3, 0.4) is 0 Å². The second-order valence-corrected chi connectivity index (χ2v) is 2.03. The van der Waals surface area contributed by atoms with Gasteiger partial charge in [0.15, 0.2) is 0 Å². The van der Waals surface area contributed by atoms with Gasteiger partial charge in [-0.2, -0.15) is 0 Å². The second kappa shape index (κ2) is 3.25. The fraction of sp³-hybridized carbons (Fsp3) is 0.500. The number of amides is 1. The predicted octanol–water partition coefficient (Wildman–Crippen LogP) is -0.377. The maximum Gasteiger partial charge on any atom is 0.244 e. The maximum absolute atomic E-state index is 10.4. The van der Waals surface area contributed by atoms with E-state index < -0.39 is 5.91 Å². The van der Waals surface area contributed by atoms with Gasteiger partial charge < -0.3 is 11.5 Å². The molecule has 9 heavy (non-hydrogen) atoms. The SMILES string of the molecule is C=C(C(N)=O)C(C)CN. The van der Waals surface area contributed by atoms with Crippen molar-refractivity contribution < 1.29 is 4.79 Å². The van der Waals surface area contributed by atoms with Gasteiger partial charge in [0.05, 0.1) is 0 Å². The summed E-state index contributed by atoms with van der Waals surface area (Å²) in [5.41, 5.74) is 10.6. The average Bonchev–Trinajstić information content (AvgIpc) is 1.84. The van der Waals surface area contributed by atoms with E-state index in [0.29, 0.717) is 12.1 Å². The van der Waals surface area contributed by atoms with Gasteiger partial charge in [-0.1, -0.05) is 13.5 Å². The van der Waals surface area contributed by atoms with E-state index in [-0.39, 0.29) is 5.92 Å². The number of carbonyl (C=O) groups is 1. The molecule has 1 unspecified atom stereocenters. The van der Waals surface area contributed by atoms with Crippen molar-refractivity contribution in [2.75, 3.05) is 6.54 Å². The van der Waals surface area contributed by atoms with Crippen LogP contribution >= 0.6 is 0 Å². The van der Waals surface area contributed by atoms with E-state index in [1.54, 1.807) is 0 Å². The first-order chi connectivity index (χ1) is 4.09. The van der Waals surface area contributed by atoms with E-state index in [0.717, 1.165) is 0 Å². The molecule has 1 amide bonds. The molecule has 3 nitrogen and oxygen atoms in total. The summed E-state index contributed by atoms with van der Waals surface area (Å²) in [6, 6.07) is 0. The smallest absolute Gasteiger partial charge is 0.244 e. The second-order valence-electron chi connectivity index (χ2n) is 2.03. The fourth-order valence-electron chi connectivity index (χ4n) is 0.385. The molecule has 1 atom stereocenters. The Kier molecular flexibility index (Phi) is 2.95. The van der Waals surface area contributed by atoms with Crippen molar-refractivity contribution in [2.45, 2.75) is 6.92 Å². The van der Waals surface area contributed by atoms with Crippen LogP contribution in [0.15, 0.2) is 12.2 Å². The minimum atomic E-state index is -0.465. The molecule has 0 aromatic rings. The van der Waals surface area contributed by atoms with Gasteiger partial charge in [0.2, 0.25) is 5.91 Å². The van der Waals surface area contributed by atoms with Crippen molar-refractivity contribution in [2.24, 2.45) is 17.4 Å². The number of hydrogen-bond donors (Lipinski definition) is 2. The predicted molar refractivity (Wildman–Crippen MR) is 36.6 cm³/mol. The Hall–Kier alpha value is -0.830. The first kappa shape index (κ1) is 8.17. The third-order valence-electron chi connectivity index (χ3n) is 1.26. The maximum atomic E-state index is 10.4. The lowest BCUT2D eigenvalue weighted by Gasteiger charge is -2.06. The van der Waals surface area contributed by atoms with Gasteiger partial charge in [0, 0.05) is 5.57 Å². The standard InChI is InChI=1S/C6H12N2O/c1-4(3-7)5(2)6(8)9/h4H,2-3,7H2,1H3,(H2,8,9). The topological polar surface area (TPSA) is 69.1 Å². The molecule has 0 aromatic heterocycles. The minimum Gasteiger partial charge on any atom is -0.366 e. The molecule has 0 heterocycles. The van der Waals surface area contributed by atoms with Crippen molar-refractivity contribution in [3.05, 3.63) is 12.2 Å². The van der Waals surface area contributed by atoms with Gasteiger partial charge in [-0.3, -0.25) is 4.79 Å².